The van der Waals surface area contributed by atoms with Gasteiger partial charge in [-0.1, -0.05) is 12.1 Å². The van der Waals surface area contributed by atoms with Crippen LogP contribution in [-0.4, -0.2) is 51.1 Å². The van der Waals surface area contributed by atoms with Crippen molar-refractivity contribution < 1.29 is 4.79 Å². The lowest BCUT2D eigenvalue weighted by molar-refractivity contribution is 0.0899. The van der Waals surface area contributed by atoms with E-state index in [1.54, 1.807) is 6.20 Å². The Hall–Kier alpha value is -4.15. The van der Waals surface area contributed by atoms with E-state index < -0.39 is 0 Å². The topological polar surface area (TPSA) is 78.9 Å². The summed E-state index contributed by atoms with van der Waals surface area (Å²) in [6, 6.07) is 17.8. The number of amides is 1. The number of carbonyl (C=O) groups is 1. The number of likely N-dealkylation sites (N-methyl/N-ethyl adjacent to an activating group) is 1. The third-order valence-corrected chi connectivity index (χ3v) is 6.22. The number of fused-ring (bicyclic) bond motifs is 5. The van der Waals surface area contributed by atoms with Crippen LogP contribution in [0.25, 0.3) is 28.3 Å². The van der Waals surface area contributed by atoms with Gasteiger partial charge in [0.2, 0.25) is 0 Å². The molecule has 35 heavy (non-hydrogen) atoms. The van der Waals surface area contributed by atoms with Crippen molar-refractivity contribution in [2.24, 2.45) is 0 Å². The first kappa shape index (κ1) is 22.6. The van der Waals surface area contributed by atoms with Crippen LogP contribution < -0.4 is 5.32 Å². The lowest BCUT2D eigenvalue weighted by atomic mass is 10.0. The van der Waals surface area contributed by atoms with Crippen molar-refractivity contribution in [1.29, 1.82) is 5.26 Å². The third kappa shape index (κ3) is 4.36. The van der Waals surface area contributed by atoms with Crippen molar-refractivity contribution in [3.63, 3.8) is 0 Å². The number of carbonyl (C=O) groups excluding carboxylic acids is 1. The number of benzene rings is 2. The number of nitriles is 1. The fourth-order valence-corrected chi connectivity index (χ4v) is 4.89. The molecular formula is C28H28N6O. The largest absolute Gasteiger partial charge is 0.346 e. The molecule has 176 valence electrons. The summed E-state index contributed by atoms with van der Waals surface area (Å²) in [4.78, 5) is 19.8. The van der Waals surface area contributed by atoms with Gasteiger partial charge in [0.1, 0.15) is 0 Å². The predicted octanol–water partition coefficient (Wildman–Crippen LogP) is 4.31. The molecule has 2 aromatic heterocycles. The second-order valence-corrected chi connectivity index (χ2v) is 9.97. The minimum absolute atomic E-state index is 0.0826. The maximum absolute atomic E-state index is 13.1. The van der Waals surface area contributed by atoms with Gasteiger partial charge in [-0.15, -0.1) is 0 Å². The Morgan fingerprint density at radius 1 is 1.14 bits per heavy atom. The second-order valence-electron chi connectivity index (χ2n) is 9.97. The molecule has 0 fully saturated rings. The molecule has 0 bridgehead atoms. The second kappa shape index (κ2) is 8.57. The lowest BCUT2D eigenvalue weighted by Gasteiger charge is -2.29. The number of hydrogen-bond acceptors (Lipinski definition) is 4. The summed E-state index contributed by atoms with van der Waals surface area (Å²) in [5.74, 6) is 0.772. The van der Waals surface area contributed by atoms with Crippen LogP contribution in [0.3, 0.4) is 0 Å². The first-order chi connectivity index (χ1) is 16.7. The van der Waals surface area contributed by atoms with Crippen LogP contribution in [0.4, 0.5) is 0 Å². The Morgan fingerprint density at radius 2 is 1.91 bits per heavy atom. The van der Waals surface area contributed by atoms with Gasteiger partial charge in [-0.05, 0) is 75.5 Å². The lowest BCUT2D eigenvalue weighted by Crippen LogP contribution is -2.50. The molecule has 0 unspecified atom stereocenters. The van der Waals surface area contributed by atoms with Crippen molar-refractivity contribution >= 4 is 5.91 Å². The first-order valence-electron chi connectivity index (χ1n) is 11.6. The van der Waals surface area contributed by atoms with Crippen LogP contribution in [0.1, 0.15) is 35.3 Å². The Balaban J connectivity index is 1.51. The van der Waals surface area contributed by atoms with Gasteiger partial charge in [0.15, 0.2) is 5.82 Å². The number of imidazole rings is 1. The molecule has 1 aliphatic heterocycles. The fraction of sp³-hybridized carbons (Fsp3) is 0.250. The van der Waals surface area contributed by atoms with Crippen LogP contribution in [-0.2, 0) is 6.54 Å². The fourth-order valence-electron chi connectivity index (χ4n) is 4.89. The van der Waals surface area contributed by atoms with Crippen molar-refractivity contribution in [2.45, 2.75) is 25.9 Å². The summed E-state index contributed by atoms with van der Waals surface area (Å²) in [5.41, 5.74) is 6.09. The molecule has 3 heterocycles. The summed E-state index contributed by atoms with van der Waals surface area (Å²) < 4.78 is 4.25. The normalized spacial score (nSPS) is 12.3. The number of aromatic nitrogens is 3. The molecule has 1 N–H and O–H groups in total. The van der Waals surface area contributed by atoms with Crippen molar-refractivity contribution in [2.75, 3.05) is 20.6 Å². The molecule has 0 saturated carbocycles. The van der Waals surface area contributed by atoms with Crippen LogP contribution in [0.15, 0.2) is 67.1 Å². The van der Waals surface area contributed by atoms with Crippen molar-refractivity contribution in [3.05, 3.63) is 83.8 Å². The highest BCUT2D eigenvalue weighted by atomic mass is 16.1. The SMILES string of the molecule is CN(C)CC(C)(C)NC(=O)c1ccc2c(c1)Cn1cc(-c3ccc(C#N)cc3)cc1-c1nccn1-2. The minimum Gasteiger partial charge on any atom is -0.346 e. The summed E-state index contributed by atoms with van der Waals surface area (Å²) in [6.07, 6.45) is 5.86. The van der Waals surface area contributed by atoms with Gasteiger partial charge in [-0.3, -0.25) is 9.36 Å². The molecule has 1 amide bonds. The van der Waals surface area contributed by atoms with Crippen molar-refractivity contribution in [3.8, 4) is 34.4 Å². The Labute approximate surface area is 205 Å². The predicted molar refractivity (Wildman–Crippen MR) is 136 cm³/mol. The third-order valence-electron chi connectivity index (χ3n) is 6.22. The Bertz CT molecular complexity index is 1450. The van der Waals surface area contributed by atoms with E-state index in [0.717, 1.165) is 40.4 Å². The Morgan fingerprint density at radius 3 is 2.63 bits per heavy atom. The molecule has 0 radical (unpaired) electrons. The minimum atomic E-state index is -0.353. The number of nitrogens with one attached hydrogen (secondary N) is 1. The van der Waals surface area contributed by atoms with E-state index in [9.17, 15) is 4.79 Å². The zero-order chi connectivity index (χ0) is 24.7. The summed E-state index contributed by atoms with van der Waals surface area (Å²) in [6.45, 7) is 5.42. The van der Waals surface area contributed by atoms with E-state index in [1.807, 2.05) is 76.6 Å². The quantitative estimate of drug-likeness (QED) is 0.420. The van der Waals surface area contributed by atoms with E-state index in [4.69, 9.17) is 5.26 Å². The maximum Gasteiger partial charge on any atom is 0.251 e. The van der Waals surface area contributed by atoms with Gasteiger partial charge in [-0.25, -0.2) is 4.98 Å². The molecule has 1 aliphatic rings. The number of rotatable bonds is 5. The van der Waals surface area contributed by atoms with Crippen LogP contribution >= 0.6 is 0 Å². The maximum atomic E-state index is 13.1. The van der Waals surface area contributed by atoms with Crippen LogP contribution in [0.2, 0.25) is 0 Å². The van der Waals surface area contributed by atoms with Gasteiger partial charge in [0.05, 0.1) is 23.0 Å². The van der Waals surface area contributed by atoms with Gasteiger partial charge >= 0.3 is 0 Å². The summed E-state index contributed by atoms with van der Waals surface area (Å²) in [7, 11) is 4.00. The van der Waals surface area contributed by atoms with Gasteiger partial charge < -0.3 is 14.8 Å². The van der Waals surface area contributed by atoms with E-state index in [0.29, 0.717) is 17.7 Å². The summed E-state index contributed by atoms with van der Waals surface area (Å²) in [5, 5.41) is 12.3. The zero-order valence-corrected chi connectivity index (χ0v) is 20.4. The standard InChI is InChI=1S/C28H28N6O/c1-28(2,18-32(3)4)31-27(35)21-9-10-24-23(13-21)17-33-16-22(20-7-5-19(15-29)6-8-20)14-25(33)26-30-11-12-34(24)26/h5-14,16H,17-18H2,1-4H3,(H,31,35). The highest BCUT2D eigenvalue weighted by molar-refractivity contribution is 5.95. The molecule has 0 saturated heterocycles. The Kier molecular flexibility index (Phi) is 5.54. The smallest absolute Gasteiger partial charge is 0.251 e. The van der Waals surface area contributed by atoms with Gasteiger partial charge in [-0.2, -0.15) is 5.26 Å². The molecule has 7 heteroatoms. The number of hydrogen-bond donors (Lipinski definition) is 1. The average molecular weight is 465 g/mol. The van der Waals surface area contributed by atoms with E-state index >= 15 is 0 Å². The number of nitrogens with zero attached hydrogens (tertiary/aromatic N) is 5. The van der Waals surface area contributed by atoms with Gasteiger partial charge in [0, 0.05) is 48.3 Å². The van der Waals surface area contributed by atoms with E-state index in [2.05, 4.69) is 42.7 Å². The molecule has 2 aromatic carbocycles. The van der Waals surface area contributed by atoms with E-state index in [-0.39, 0.29) is 11.4 Å². The molecule has 7 nitrogen and oxygen atoms in total. The highest BCUT2D eigenvalue weighted by Crippen LogP contribution is 2.34. The van der Waals surface area contributed by atoms with Crippen LogP contribution in [0, 0.1) is 11.3 Å². The summed E-state index contributed by atoms with van der Waals surface area (Å²) >= 11 is 0. The van der Waals surface area contributed by atoms with Gasteiger partial charge in [0.25, 0.3) is 5.91 Å². The van der Waals surface area contributed by atoms with E-state index in [1.165, 1.54) is 0 Å². The van der Waals surface area contributed by atoms with Crippen LogP contribution in [0.5, 0.6) is 0 Å². The molecular weight excluding hydrogens is 436 g/mol. The monoisotopic (exact) mass is 464 g/mol. The average Bonchev–Trinajstić information content (AvgIpc) is 3.43. The highest BCUT2D eigenvalue weighted by Gasteiger charge is 2.25. The molecule has 4 aromatic rings. The molecule has 0 aliphatic carbocycles. The zero-order valence-electron chi connectivity index (χ0n) is 20.4. The van der Waals surface area contributed by atoms with Crippen molar-refractivity contribution in [1.82, 2.24) is 24.3 Å². The molecule has 0 spiro atoms. The molecule has 5 rings (SSSR count). The first-order valence-corrected chi connectivity index (χ1v) is 11.6. The molecule has 0 atom stereocenters.